The van der Waals surface area contributed by atoms with E-state index in [1.165, 1.54) is 49.7 Å². The van der Waals surface area contributed by atoms with Crippen LogP contribution in [0.15, 0.2) is 36.5 Å². The molecule has 4 rings (SSSR count). The van der Waals surface area contributed by atoms with Crippen LogP contribution in [0.1, 0.15) is 31.2 Å². The number of likely N-dealkylation sites (tertiary alicyclic amines) is 1. The van der Waals surface area contributed by atoms with Gasteiger partial charge < -0.3 is 9.64 Å². The average molecular weight is 296 g/mol. The van der Waals surface area contributed by atoms with Crippen LogP contribution in [0.5, 0.6) is 0 Å². The van der Waals surface area contributed by atoms with Crippen molar-refractivity contribution in [2.45, 2.75) is 44.3 Å². The van der Waals surface area contributed by atoms with Gasteiger partial charge in [-0.15, -0.1) is 0 Å². The maximum Gasteiger partial charge on any atom is 0.0706 e. The maximum atomic E-state index is 6.27. The molecule has 1 aromatic heterocycles. The van der Waals surface area contributed by atoms with Crippen molar-refractivity contribution in [2.24, 2.45) is 0 Å². The van der Waals surface area contributed by atoms with Gasteiger partial charge in [0.25, 0.3) is 0 Å². The lowest BCUT2D eigenvalue weighted by molar-refractivity contribution is 0.0275. The van der Waals surface area contributed by atoms with Crippen LogP contribution < -0.4 is 0 Å². The van der Waals surface area contributed by atoms with Crippen molar-refractivity contribution in [1.29, 1.82) is 0 Å². The number of fused-ring (bicyclic) bond motifs is 1. The second-order valence-electron chi connectivity index (χ2n) is 6.71. The lowest BCUT2D eigenvalue weighted by Gasteiger charge is -2.20. The van der Waals surface area contributed by atoms with Crippen molar-refractivity contribution in [3.8, 4) is 0 Å². The number of nitrogens with zero attached hydrogens (tertiary/aromatic N) is 2. The molecule has 2 saturated heterocycles. The Hall–Kier alpha value is -1.45. The molecule has 0 unspecified atom stereocenters. The Bertz CT molecular complexity index is 636. The van der Waals surface area contributed by atoms with E-state index in [-0.39, 0.29) is 0 Å². The van der Waals surface area contributed by atoms with Crippen molar-refractivity contribution in [3.63, 3.8) is 0 Å². The van der Waals surface area contributed by atoms with Gasteiger partial charge in [-0.3, -0.25) is 4.98 Å². The number of para-hydroxylation sites is 1. The third-order valence-corrected chi connectivity index (χ3v) is 4.97. The van der Waals surface area contributed by atoms with E-state index in [2.05, 4.69) is 34.1 Å². The number of aromatic nitrogens is 1. The zero-order valence-corrected chi connectivity index (χ0v) is 13.1. The molecular formula is C19H24N2O. The molecule has 2 aromatic rings. The van der Waals surface area contributed by atoms with Crippen LogP contribution in [-0.4, -0.2) is 41.7 Å². The van der Waals surface area contributed by atoms with Gasteiger partial charge in [0.2, 0.25) is 0 Å². The number of hydrogen-bond donors (Lipinski definition) is 0. The van der Waals surface area contributed by atoms with Gasteiger partial charge in [0.05, 0.1) is 17.7 Å². The fraction of sp³-hybridized carbons (Fsp3) is 0.526. The van der Waals surface area contributed by atoms with Crippen LogP contribution in [0.2, 0.25) is 0 Å². The van der Waals surface area contributed by atoms with Crippen molar-refractivity contribution in [1.82, 2.24) is 9.88 Å². The highest BCUT2D eigenvalue weighted by molar-refractivity contribution is 5.78. The van der Waals surface area contributed by atoms with E-state index in [0.717, 1.165) is 18.5 Å². The Morgan fingerprint density at radius 3 is 2.82 bits per heavy atom. The standard InChI is InChI=1S/C19H24N2O/c1-2-6-19-16(5-1)11-15(13-20-19)12-17-7-8-18(22-17)14-21-9-3-4-10-21/h1-2,5-6,11,13,17-18H,3-4,7-10,12,14H2/t17-,18+/m0/s1. The molecule has 2 fully saturated rings. The third-order valence-electron chi connectivity index (χ3n) is 4.97. The summed E-state index contributed by atoms with van der Waals surface area (Å²) in [5, 5.41) is 1.23. The maximum absolute atomic E-state index is 6.27. The molecule has 22 heavy (non-hydrogen) atoms. The lowest BCUT2D eigenvalue weighted by atomic mass is 10.1. The molecular weight excluding hydrogens is 272 g/mol. The zero-order valence-electron chi connectivity index (χ0n) is 13.1. The smallest absolute Gasteiger partial charge is 0.0706 e. The van der Waals surface area contributed by atoms with Gasteiger partial charge in [-0.1, -0.05) is 18.2 Å². The van der Waals surface area contributed by atoms with Gasteiger partial charge >= 0.3 is 0 Å². The Morgan fingerprint density at radius 1 is 1.09 bits per heavy atom. The van der Waals surface area contributed by atoms with E-state index < -0.39 is 0 Å². The summed E-state index contributed by atoms with van der Waals surface area (Å²) in [5.74, 6) is 0. The largest absolute Gasteiger partial charge is 0.373 e. The first kappa shape index (κ1) is 14.2. The van der Waals surface area contributed by atoms with Crippen molar-refractivity contribution < 1.29 is 4.74 Å². The van der Waals surface area contributed by atoms with Crippen LogP contribution in [0, 0.1) is 0 Å². The SMILES string of the molecule is c1ccc2ncc(C[C@@H]3CC[C@H](CN4CCCC4)O3)cc2c1. The first-order chi connectivity index (χ1) is 10.9. The second kappa shape index (κ2) is 6.35. The third kappa shape index (κ3) is 3.16. The van der Waals surface area contributed by atoms with Crippen LogP contribution in [0.4, 0.5) is 0 Å². The molecule has 2 aliphatic rings. The summed E-state index contributed by atoms with van der Waals surface area (Å²) >= 11 is 0. The predicted octanol–water partition coefficient (Wildman–Crippen LogP) is 3.42. The van der Waals surface area contributed by atoms with Gasteiger partial charge in [-0.25, -0.2) is 0 Å². The number of pyridine rings is 1. The van der Waals surface area contributed by atoms with E-state index in [4.69, 9.17) is 4.74 Å². The van der Waals surface area contributed by atoms with E-state index >= 15 is 0 Å². The molecule has 0 aliphatic carbocycles. The summed E-state index contributed by atoms with van der Waals surface area (Å²) in [7, 11) is 0. The van der Waals surface area contributed by atoms with Crippen LogP contribution in [0.25, 0.3) is 10.9 Å². The van der Waals surface area contributed by atoms with Crippen LogP contribution in [-0.2, 0) is 11.2 Å². The van der Waals surface area contributed by atoms with Gasteiger partial charge in [-0.05, 0) is 56.5 Å². The Morgan fingerprint density at radius 2 is 1.91 bits per heavy atom. The minimum atomic E-state index is 0.371. The van der Waals surface area contributed by atoms with Crippen LogP contribution >= 0.6 is 0 Å². The Kier molecular flexibility index (Phi) is 4.09. The molecule has 2 atom stereocenters. The molecule has 0 bridgehead atoms. The van der Waals surface area contributed by atoms with Crippen molar-refractivity contribution in [3.05, 3.63) is 42.1 Å². The van der Waals surface area contributed by atoms with Crippen molar-refractivity contribution in [2.75, 3.05) is 19.6 Å². The summed E-state index contributed by atoms with van der Waals surface area (Å²) in [6.45, 7) is 3.66. The molecule has 3 heteroatoms. The van der Waals surface area contributed by atoms with Gasteiger partial charge in [0, 0.05) is 24.5 Å². The first-order valence-electron chi connectivity index (χ1n) is 8.58. The first-order valence-corrected chi connectivity index (χ1v) is 8.58. The van der Waals surface area contributed by atoms with E-state index in [0.29, 0.717) is 12.2 Å². The monoisotopic (exact) mass is 296 g/mol. The summed E-state index contributed by atoms with van der Waals surface area (Å²) in [4.78, 5) is 7.12. The molecule has 0 amide bonds. The molecule has 2 aliphatic heterocycles. The Labute approximate surface area is 132 Å². The second-order valence-corrected chi connectivity index (χ2v) is 6.71. The number of hydrogen-bond acceptors (Lipinski definition) is 3. The summed E-state index contributed by atoms with van der Waals surface area (Å²) in [5.41, 5.74) is 2.37. The summed E-state index contributed by atoms with van der Waals surface area (Å²) in [6.07, 6.45) is 8.94. The van der Waals surface area contributed by atoms with E-state index in [1.54, 1.807) is 0 Å². The highest BCUT2D eigenvalue weighted by Crippen LogP contribution is 2.25. The van der Waals surface area contributed by atoms with E-state index in [9.17, 15) is 0 Å². The fourth-order valence-corrected chi connectivity index (χ4v) is 3.81. The highest BCUT2D eigenvalue weighted by Gasteiger charge is 2.27. The van der Waals surface area contributed by atoms with Gasteiger partial charge in [0.1, 0.15) is 0 Å². The van der Waals surface area contributed by atoms with Gasteiger partial charge in [-0.2, -0.15) is 0 Å². The van der Waals surface area contributed by atoms with E-state index in [1.807, 2.05) is 12.3 Å². The molecule has 3 nitrogen and oxygen atoms in total. The molecule has 0 radical (unpaired) electrons. The fourth-order valence-electron chi connectivity index (χ4n) is 3.81. The molecule has 0 saturated carbocycles. The number of benzene rings is 1. The van der Waals surface area contributed by atoms with Gasteiger partial charge in [0.15, 0.2) is 0 Å². The normalized spacial score (nSPS) is 26.0. The molecule has 1 aromatic carbocycles. The molecule has 0 N–H and O–H groups in total. The molecule has 3 heterocycles. The predicted molar refractivity (Wildman–Crippen MR) is 89.0 cm³/mol. The average Bonchev–Trinajstić information content (AvgIpc) is 3.20. The highest BCUT2D eigenvalue weighted by atomic mass is 16.5. The topological polar surface area (TPSA) is 25.4 Å². The lowest BCUT2D eigenvalue weighted by Crippen LogP contribution is -2.30. The van der Waals surface area contributed by atoms with Crippen molar-refractivity contribution >= 4 is 10.9 Å². The molecule has 116 valence electrons. The quantitative estimate of drug-likeness (QED) is 0.864. The minimum absolute atomic E-state index is 0.371. The summed E-state index contributed by atoms with van der Waals surface area (Å²) < 4.78 is 6.27. The minimum Gasteiger partial charge on any atom is -0.373 e. The van der Waals surface area contributed by atoms with Crippen LogP contribution in [0.3, 0.4) is 0 Å². The summed E-state index contributed by atoms with van der Waals surface area (Å²) in [6, 6.07) is 10.6. The Balaban J connectivity index is 1.36. The number of ether oxygens (including phenoxy) is 1. The number of rotatable bonds is 4. The molecule has 0 spiro atoms. The zero-order chi connectivity index (χ0) is 14.8.